The number of rotatable bonds is 22. The van der Waals surface area contributed by atoms with Gasteiger partial charge in [-0.3, -0.25) is 57.6 Å². The van der Waals surface area contributed by atoms with Crippen LogP contribution in [0.3, 0.4) is 0 Å². The summed E-state index contributed by atoms with van der Waals surface area (Å²) in [4.78, 5) is 174. The summed E-state index contributed by atoms with van der Waals surface area (Å²) in [6.07, 6.45) is 0.894. The molecule has 2 saturated heterocycles. The minimum absolute atomic E-state index is 0.0111. The van der Waals surface area contributed by atoms with E-state index in [0.717, 1.165) is 35.9 Å². The van der Waals surface area contributed by atoms with Crippen molar-refractivity contribution < 1.29 is 67.3 Å². The van der Waals surface area contributed by atoms with Gasteiger partial charge in [0.05, 0.1) is 25.4 Å². The zero-order valence-electron chi connectivity index (χ0n) is 62.7. The Bertz CT molecular complexity index is 2550. The highest BCUT2D eigenvalue weighted by atomic mass is 16.5. The largest absolute Gasteiger partial charge is 0.390 e. The van der Waals surface area contributed by atoms with Gasteiger partial charge < -0.3 is 75.9 Å². The van der Waals surface area contributed by atoms with Gasteiger partial charge in [0, 0.05) is 69.0 Å². The first-order valence-electron chi connectivity index (χ1n) is 35.1. The highest BCUT2D eigenvalue weighted by molar-refractivity contribution is 6.00. The zero-order valence-corrected chi connectivity index (χ0v) is 62.7. The van der Waals surface area contributed by atoms with Crippen molar-refractivity contribution in [2.75, 3.05) is 95.3 Å². The number of likely N-dealkylation sites (N-methyl/N-ethyl adjacent to an activating group) is 7. The second kappa shape index (κ2) is 40.8. The maximum Gasteiger partial charge on any atom is 0.246 e. The summed E-state index contributed by atoms with van der Waals surface area (Å²) in [7, 11) is 9.91. The van der Waals surface area contributed by atoms with Crippen molar-refractivity contribution >= 4 is 65.0 Å². The van der Waals surface area contributed by atoms with E-state index in [4.69, 9.17) is 15.2 Å². The first-order chi connectivity index (χ1) is 44.7. The van der Waals surface area contributed by atoms with Gasteiger partial charge in [0.1, 0.15) is 66.5 Å². The monoisotopic (exact) mass is 1360 g/mol. The third-order valence-electron chi connectivity index (χ3n) is 19.0. The molecule has 0 aromatic carbocycles. The number of nitrogens with two attached hydrogens (primary N) is 1. The number of morpholine rings is 1. The van der Waals surface area contributed by atoms with Crippen LogP contribution in [0, 0.1) is 35.5 Å². The molecule has 0 unspecified atom stereocenters. The molecule has 0 aromatic heterocycles. The van der Waals surface area contributed by atoms with E-state index >= 15 is 24.0 Å². The fourth-order valence-electron chi connectivity index (χ4n) is 12.6. The molecule has 0 radical (unpaired) electrons. The Morgan fingerprint density at radius 2 is 0.969 bits per heavy atom. The average molecular weight is 1360 g/mol. The van der Waals surface area contributed by atoms with Crippen LogP contribution in [-0.2, 0) is 62.2 Å². The summed E-state index contributed by atoms with van der Waals surface area (Å²) >= 11 is 0. The van der Waals surface area contributed by atoms with Gasteiger partial charge >= 0.3 is 0 Å². The van der Waals surface area contributed by atoms with Crippen LogP contribution in [0.25, 0.3) is 0 Å². The third kappa shape index (κ3) is 24.4. The van der Waals surface area contributed by atoms with E-state index in [0.29, 0.717) is 45.4 Å². The molecule has 0 spiro atoms. The lowest BCUT2D eigenvalue weighted by Gasteiger charge is -2.41. The molecule has 2 heterocycles. The van der Waals surface area contributed by atoms with Crippen molar-refractivity contribution in [2.24, 2.45) is 41.2 Å². The maximum absolute atomic E-state index is 15.3. The smallest absolute Gasteiger partial charge is 0.246 e. The van der Waals surface area contributed by atoms with Gasteiger partial charge in [-0.2, -0.15) is 0 Å². The Labute approximate surface area is 574 Å². The van der Waals surface area contributed by atoms with E-state index in [1.54, 1.807) is 48.5 Å². The van der Waals surface area contributed by atoms with Gasteiger partial charge in [-0.15, -0.1) is 0 Å². The Morgan fingerprint density at radius 1 is 0.490 bits per heavy atom. The molecule has 27 nitrogen and oxygen atoms in total. The van der Waals surface area contributed by atoms with Crippen molar-refractivity contribution in [3.05, 3.63) is 0 Å². The maximum atomic E-state index is 15.3. The predicted molar refractivity (Wildman–Crippen MR) is 369 cm³/mol. The lowest BCUT2D eigenvalue weighted by atomic mass is 9.90. The Kier molecular flexibility index (Phi) is 36.5. The van der Waals surface area contributed by atoms with Gasteiger partial charge in [0.2, 0.25) is 65.0 Å². The molecule has 7 N–H and O–H groups in total. The van der Waals surface area contributed by atoms with Crippen molar-refractivity contribution in [3.8, 4) is 0 Å². The number of aliphatic hydroxyl groups is 1. The number of nitrogens with one attached hydrogen (secondary N) is 4. The molecule has 0 bridgehead atoms. The van der Waals surface area contributed by atoms with E-state index in [1.165, 1.54) is 94.6 Å². The molecule has 552 valence electrons. The zero-order chi connectivity index (χ0) is 73.5. The van der Waals surface area contributed by atoms with Gasteiger partial charge in [-0.05, 0) is 128 Å². The Morgan fingerprint density at radius 3 is 1.48 bits per heavy atom. The highest BCUT2D eigenvalue weighted by Crippen LogP contribution is 2.26. The molecule has 0 aromatic rings. The number of hydrogen-bond acceptors (Lipinski definition) is 16. The van der Waals surface area contributed by atoms with Crippen LogP contribution in [0.2, 0.25) is 0 Å². The van der Waals surface area contributed by atoms with Crippen molar-refractivity contribution in [1.82, 2.24) is 60.5 Å². The fraction of sp³-hybridized carbons (Fsp3) is 0.841. The normalized spacial score (nSPS) is 27.3. The van der Waals surface area contributed by atoms with Gasteiger partial charge in [0.15, 0.2) is 0 Å². The summed E-state index contributed by atoms with van der Waals surface area (Å²) in [5.74, 6) is -10.0. The van der Waals surface area contributed by atoms with E-state index < -0.39 is 161 Å². The standard InChI is InChI=1S/C69H127N13O14/c1-24-50-65(90)75(17)48(15)64(89)80(22)56(49(16)96-34-28-27-31-82-32-35-95-36-33-82)61(86)74-54(43(8)9)68(93)76(18)51(37-40(2)3)60(85)71-46(13)59(84)72-47(14)63(88)77(19)52(38-41(4)5)66(91)78(20)53(39-42(6)7)67(92)79(21)55(44(10)11)69(94)81(23)57(62(87)73-50)58(83)45(12)29-25-26-30-70/h40-58,83H,24-39,70H2,1-23H3,(H,71,85)(H,72,84)(H,73,87)(H,74,86)/t45-,46+,47-,48-,49-,50+,51+,52+,53+,54+,55+,56+,57+,58-/m1/s1. The number of hydrogen-bond donors (Lipinski definition) is 6. The van der Waals surface area contributed by atoms with Crippen LogP contribution in [0.15, 0.2) is 0 Å². The molecule has 0 saturated carbocycles. The van der Waals surface area contributed by atoms with Crippen molar-refractivity contribution in [3.63, 3.8) is 0 Å². The SMILES string of the molecule is CC[C@@H]1NC(=O)[C@H]([C@H](O)[C@H](C)CCCCN)N(C)C(=O)[C@H](C(C)C)N(C)C(=O)[C@H](CC(C)C)N(C)C(=O)[C@H](CC(C)C)N(C)C(=O)[C@@H](C)NC(=O)[C@H](C)NC(=O)[C@H](CC(C)C)N(C)C(=O)[C@H](C(C)C)NC(=O)[C@H]([C@@H](C)OCCCCN2CCOCC2)N(C)C(=O)[C@@H](C)N(C)C1=O. The first-order valence-corrected chi connectivity index (χ1v) is 35.1. The lowest BCUT2D eigenvalue weighted by molar-refractivity contribution is -0.157. The number of nitrogens with zero attached hydrogens (tertiary/aromatic N) is 8. The van der Waals surface area contributed by atoms with Crippen LogP contribution in [0.5, 0.6) is 0 Å². The quantitative estimate of drug-likeness (QED) is 0.0847. The van der Waals surface area contributed by atoms with Crippen LogP contribution in [0.4, 0.5) is 0 Å². The lowest BCUT2D eigenvalue weighted by Crippen LogP contribution is -2.64. The van der Waals surface area contributed by atoms with Crippen LogP contribution in [0.1, 0.15) is 169 Å². The van der Waals surface area contributed by atoms with E-state index in [9.17, 15) is 33.9 Å². The number of carbonyl (C=O) groups excluding carboxylic acids is 11. The number of aliphatic hydroxyl groups excluding tert-OH is 1. The van der Waals surface area contributed by atoms with E-state index in [2.05, 4.69) is 26.2 Å². The summed E-state index contributed by atoms with van der Waals surface area (Å²) < 4.78 is 11.9. The second-order valence-electron chi connectivity index (χ2n) is 29.0. The molecule has 2 fully saturated rings. The summed E-state index contributed by atoms with van der Waals surface area (Å²) in [6, 6.07) is -14.2. The molecule has 11 amide bonds. The summed E-state index contributed by atoms with van der Waals surface area (Å²) in [5.41, 5.74) is 5.84. The molecule has 96 heavy (non-hydrogen) atoms. The molecular weight excluding hydrogens is 1230 g/mol. The number of unbranched alkanes of at least 4 members (excludes halogenated alkanes) is 2. The number of carbonyl (C=O) groups is 11. The topological polar surface area (TPSA) is 327 Å². The van der Waals surface area contributed by atoms with Crippen LogP contribution < -0.4 is 27.0 Å². The second-order valence-corrected chi connectivity index (χ2v) is 29.0. The number of amides is 11. The molecule has 2 rings (SSSR count). The average Bonchev–Trinajstić information content (AvgIpc) is 0.813. The van der Waals surface area contributed by atoms with Crippen LogP contribution in [-0.4, -0.2) is 283 Å². The minimum atomic E-state index is -1.64. The minimum Gasteiger partial charge on any atom is -0.390 e. The van der Waals surface area contributed by atoms with E-state index in [1.807, 2.05) is 41.5 Å². The first kappa shape index (κ1) is 86.1. The van der Waals surface area contributed by atoms with Gasteiger partial charge in [-0.1, -0.05) is 89.5 Å². The predicted octanol–water partition coefficient (Wildman–Crippen LogP) is 2.29. The van der Waals surface area contributed by atoms with E-state index in [-0.39, 0.29) is 50.0 Å². The summed E-state index contributed by atoms with van der Waals surface area (Å²) in [5, 5.41) is 23.4. The number of ether oxygens (including phenoxy) is 2. The van der Waals surface area contributed by atoms with Crippen molar-refractivity contribution in [1.29, 1.82) is 0 Å². The highest BCUT2D eigenvalue weighted by Gasteiger charge is 2.47. The molecular formula is C69H127N13O14. The Balaban J connectivity index is 3.01. The van der Waals surface area contributed by atoms with Crippen LogP contribution >= 0.6 is 0 Å². The molecule has 27 heteroatoms. The third-order valence-corrected chi connectivity index (χ3v) is 19.0. The molecule has 2 aliphatic rings. The Hall–Kier alpha value is -6.03. The molecule has 0 aliphatic carbocycles. The fourth-order valence-corrected chi connectivity index (χ4v) is 12.6. The van der Waals surface area contributed by atoms with Gasteiger partial charge in [0.25, 0.3) is 0 Å². The molecule has 14 atom stereocenters. The molecule has 2 aliphatic heterocycles. The summed E-state index contributed by atoms with van der Waals surface area (Å²) in [6.45, 7) is 31.8. The van der Waals surface area contributed by atoms with Crippen molar-refractivity contribution in [2.45, 2.75) is 247 Å². The van der Waals surface area contributed by atoms with Gasteiger partial charge in [-0.25, -0.2) is 0 Å².